The molecule has 0 radical (unpaired) electrons. The van der Waals surface area contributed by atoms with Crippen molar-refractivity contribution in [2.75, 3.05) is 5.32 Å². The van der Waals surface area contributed by atoms with Crippen LogP contribution in [0, 0.1) is 17.1 Å². The summed E-state index contributed by atoms with van der Waals surface area (Å²) in [6, 6.07) is 3.99. The lowest BCUT2D eigenvalue weighted by atomic mass is 10.3. The predicted molar refractivity (Wildman–Crippen MR) is 55.3 cm³/mol. The molecule has 0 bridgehead atoms. The highest BCUT2D eigenvalue weighted by Crippen LogP contribution is 2.32. The first-order chi connectivity index (χ1) is 7.06. The van der Waals surface area contributed by atoms with E-state index in [1.165, 1.54) is 6.07 Å². The maximum Gasteiger partial charge on any atom is 0.238 e. The van der Waals surface area contributed by atoms with Crippen molar-refractivity contribution in [1.82, 2.24) is 0 Å². The Hall–Kier alpha value is -1.31. The van der Waals surface area contributed by atoms with E-state index in [9.17, 15) is 9.18 Å². The number of rotatable bonds is 2. The minimum Gasteiger partial charge on any atom is -0.321 e. The van der Waals surface area contributed by atoms with Gasteiger partial charge >= 0.3 is 0 Å². The molecule has 0 aliphatic heterocycles. The van der Waals surface area contributed by atoms with Crippen molar-refractivity contribution in [3.05, 3.63) is 28.0 Å². The molecular formula is C9H5Cl2FN2O. The van der Waals surface area contributed by atoms with E-state index in [0.717, 1.165) is 6.07 Å². The Morgan fingerprint density at radius 2 is 2.20 bits per heavy atom. The Balaban J connectivity index is 3.00. The average Bonchev–Trinajstić information content (AvgIpc) is 2.19. The zero-order chi connectivity index (χ0) is 11.4. The number of anilines is 1. The van der Waals surface area contributed by atoms with E-state index < -0.39 is 11.7 Å². The topological polar surface area (TPSA) is 52.9 Å². The molecule has 0 spiro atoms. The van der Waals surface area contributed by atoms with Gasteiger partial charge in [0.1, 0.15) is 12.2 Å². The highest BCUT2D eigenvalue weighted by atomic mass is 35.5. The van der Waals surface area contributed by atoms with Crippen molar-refractivity contribution >= 4 is 34.8 Å². The van der Waals surface area contributed by atoms with Crippen LogP contribution in [0.4, 0.5) is 10.1 Å². The van der Waals surface area contributed by atoms with Gasteiger partial charge in [-0.3, -0.25) is 4.79 Å². The smallest absolute Gasteiger partial charge is 0.238 e. The number of nitrogens with zero attached hydrogens (tertiary/aromatic N) is 1. The molecule has 6 heteroatoms. The lowest BCUT2D eigenvalue weighted by Crippen LogP contribution is -2.12. The molecule has 15 heavy (non-hydrogen) atoms. The van der Waals surface area contributed by atoms with Gasteiger partial charge < -0.3 is 5.32 Å². The number of amides is 1. The van der Waals surface area contributed by atoms with Crippen molar-refractivity contribution in [2.24, 2.45) is 0 Å². The molecule has 0 saturated heterocycles. The highest BCUT2D eigenvalue weighted by Gasteiger charge is 2.13. The molecule has 0 fully saturated rings. The van der Waals surface area contributed by atoms with Gasteiger partial charge in [-0.05, 0) is 12.1 Å². The van der Waals surface area contributed by atoms with Crippen LogP contribution in [0.3, 0.4) is 0 Å². The van der Waals surface area contributed by atoms with Crippen LogP contribution in [-0.4, -0.2) is 5.91 Å². The third kappa shape index (κ3) is 2.82. The maximum absolute atomic E-state index is 13.2. The number of halogens is 3. The third-order valence-corrected chi connectivity index (χ3v) is 2.35. The molecule has 0 aromatic heterocycles. The van der Waals surface area contributed by atoms with Gasteiger partial charge in [0.25, 0.3) is 0 Å². The van der Waals surface area contributed by atoms with Crippen LogP contribution in [0.15, 0.2) is 12.1 Å². The summed E-state index contributed by atoms with van der Waals surface area (Å²) in [7, 11) is 0. The maximum atomic E-state index is 13.2. The fourth-order valence-corrected chi connectivity index (χ4v) is 1.26. The zero-order valence-electron chi connectivity index (χ0n) is 7.35. The quantitative estimate of drug-likeness (QED) is 0.816. The van der Waals surface area contributed by atoms with Gasteiger partial charge in [0, 0.05) is 0 Å². The lowest BCUT2D eigenvalue weighted by molar-refractivity contribution is -0.115. The van der Waals surface area contributed by atoms with E-state index in [0.29, 0.717) is 0 Å². The number of nitrogens with one attached hydrogen (secondary N) is 1. The predicted octanol–water partition coefficient (Wildman–Crippen LogP) is 2.98. The number of carbonyl (C=O) groups is 1. The Bertz CT molecular complexity index is 442. The minimum absolute atomic E-state index is 0.0806. The number of carbonyl (C=O) groups excluding carboxylic acids is 1. The van der Waals surface area contributed by atoms with Gasteiger partial charge in [0.15, 0.2) is 0 Å². The summed E-state index contributed by atoms with van der Waals surface area (Å²) >= 11 is 11.3. The van der Waals surface area contributed by atoms with Crippen LogP contribution in [0.2, 0.25) is 10.0 Å². The van der Waals surface area contributed by atoms with Gasteiger partial charge in [-0.1, -0.05) is 23.2 Å². The van der Waals surface area contributed by atoms with Gasteiger partial charge in [-0.15, -0.1) is 0 Å². The van der Waals surface area contributed by atoms with Gasteiger partial charge in [-0.2, -0.15) is 5.26 Å². The summed E-state index contributed by atoms with van der Waals surface area (Å²) in [5.41, 5.74) is -0.204. The third-order valence-electron chi connectivity index (χ3n) is 1.55. The van der Waals surface area contributed by atoms with E-state index in [2.05, 4.69) is 5.32 Å². The second-order valence-corrected chi connectivity index (χ2v) is 3.39. The molecular weight excluding hydrogens is 242 g/mol. The first kappa shape index (κ1) is 11.8. The van der Waals surface area contributed by atoms with Crippen molar-refractivity contribution in [3.63, 3.8) is 0 Å². The molecule has 0 atom stereocenters. The Kier molecular flexibility index (Phi) is 3.89. The number of benzene rings is 1. The van der Waals surface area contributed by atoms with Crippen LogP contribution in [0.25, 0.3) is 0 Å². The van der Waals surface area contributed by atoms with Gasteiger partial charge in [0.2, 0.25) is 5.91 Å². The van der Waals surface area contributed by atoms with Crippen LogP contribution in [0.1, 0.15) is 6.42 Å². The standard InChI is InChI=1S/C9H5Cl2FN2O/c10-5-1-2-6(12)9(8(5)11)14-7(15)3-4-13/h1-2H,3H2,(H,14,15). The van der Waals surface area contributed by atoms with Gasteiger partial charge in [0.05, 0.1) is 21.8 Å². The van der Waals surface area contributed by atoms with Crippen molar-refractivity contribution < 1.29 is 9.18 Å². The Labute approximate surface area is 95.4 Å². The van der Waals surface area contributed by atoms with Crippen LogP contribution < -0.4 is 5.32 Å². The van der Waals surface area contributed by atoms with Crippen LogP contribution in [-0.2, 0) is 4.79 Å². The monoisotopic (exact) mass is 246 g/mol. The van der Waals surface area contributed by atoms with E-state index in [-0.39, 0.29) is 22.2 Å². The molecule has 0 aliphatic carbocycles. The number of hydrogen-bond acceptors (Lipinski definition) is 2. The molecule has 1 rings (SSSR count). The summed E-state index contributed by atoms with van der Waals surface area (Å²) in [6.07, 6.45) is -0.373. The molecule has 1 amide bonds. The summed E-state index contributed by atoms with van der Waals surface area (Å²) in [4.78, 5) is 11.0. The molecule has 1 aromatic rings. The van der Waals surface area contributed by atoms with Gasteiger partial charge in [-0.25, -0.2) is 4.39 Å². The van der Waals surface area contributed by atoms with E-state index in [1.54, 1.807) is 6.07 Å². The zero-order valence-corrected chi connectivity index (χ0v) is 8.86. The fourth-order valence-electron chi connectivity index (χ4n) is 0.897. The van der Waals surface area contributed by atoms with Crippen LogP contribution in [0.5, 0.6) is 0 Å². The van der Waals surface area contributed by atoms with E-state index in [4.69, 9.17) is 28.5 Å². The Morgan fingerprint density at radius 1 is 1.53 bits per heavy atom. The highest BCUT2D eigenvalue weighted by molar-refractivity contribution is 6.44. The second kappa shape index (κ2) is 4.96. The van der Waals surface area contributed by atoms with Crippen LogP contribution >= 0.6 is 23.2 Å². The molecule has 3 nitrogen and oxygen atoms in total. The molecule has 78 valence electrons. The summed E-state index contributed by atoms with van der Waals surface area (Å²) < 4.78 is 13.2. The number of nitriles is 1. The van der Waals surface area contributed by atoms with Crippen molar-refractivity contribution in [3.8, 4) is 6.07 Å². The first-order valence-corrected chi connectivity index (χ1v) is 4.62. The fraction of sp³-hybridized carbons (Fsp3) is 0.111. The molecule has 1 N–H and O–H groups in total. The normalized spacial score (nSPS) is 9.47. The minimum atomic E-state index is -0.698. The molecule has 1 aromatic carbocycles. The molecule has 0 saturated carbocycles. The molecule has 0 unspecified atom stereocenters. The summed E-state index contributed by atoms with van der Waals surface area (Å²) in [5.74, 6) is -1.34. The molecule has 0 aliphatic rings. The molecule has 0 heterocycles. The lowest BCUT2D eigenvalue weighted by Gasteiger charge is -2.07. The van der Waals surface area contributed by atoms with Crippen molar-refractivity contribution in [2.45, 2.75) is 6.42 Å². The largest absolute Gasteiger partial charge is 0.321 e. The van der Waals surface area contributed by atoms with E-state index >= 15 is 0 Å². The number of hydrogen-bond donors (Lipinski definition) is 1. The average molecular weight is 247 g/mol. The summed E-state index contributed by atoms with van der Waals surface area (Å²) in [5, 5.41) is 10.5. The van der Waals surface area contributed by atoms with E-state index in [1.807, 2.05) is 0 Å². The second-order valence-electron chi connectivity index (χ2n) is 2.60. The SMILES string of the molecule is N#CCC(=O)Nc1c(F)ccc(Cl)c1Cl. The first-order valence-electron chi connectivity index (χ1n) is 3.86. The summed E-state index contributed by atoms with van der Waals surface area (Å²) in [6.45, 7) is 0. The Morgan fingerprint density at radius 3 is 2.80 bits per heavy atom. The van der Waals surface area contributed by atoms with Crippen molar-refractivity contribution in [1.29, 1.82) is 5.26 Å².